The summed E-state index contributed by atoms with van der Waals surface area (Å²) in [5, 5.41) is 10.4. The summed E-state index contributed by atoms with van der Waals surface area (Å²) in [5.41, 5.74) is 4.41. The molecular weight excluding hydrogens is 746 g/mol. The van der Waals surface area contributed by atoms with Crippen molar-refractivity contribution in [3.8, 4) is 11.1 Å². The van der Waals surface area contributed by atoms with E-state index in [1.54, 1.807) is 6.07 Å². The van der Waals surface area contributed by atoms with Crippen molar-refractivity contribution in [1.82, 2.24) is 4.90 Å². The van der Waals surface area contributed by atoms with Gasteiger partial charge in [0.05, 0.1) is 25.9 Å². The Balaban J connectivity index is 1.21. The van der Waals surface area contributed by atoms with Gasteiger partial charge in [-0.25, -0.2) is 9.69 Å². The molecule has 13 heteroatoms. The second-order valence-electron chi connectivity index (χ2n) is 14.8. The number of ketones is 1. The van der Waals surface area contributed by atoms with Gasteiger partial charge in [0.2, 0.25) is 11.9 Å². The molecular formula is C45H53NO12. The van der Waals surface area contributed by atoms with Crippen LogP contribution >= 0.6 is 0 Å². The molecule has 1 aromatic heterocycles. The molecule has 2 saturated heterocycles. The summed E-state index contributed by atoms with van der Waals surface area (Å²) in [6, 6.07) is 28.3. The summed E-state index contributed by atoms with van der Waals surface area (Å²) in [4.78, 5) is 41.1. The predicted octanol–water partition coefficient (Wildman–Crippen LogP) is 6.31. The lowest BCUT2D eigenvalue weighted by atomic mass is 9.98. The standard InChI is InChI=1S/C45H53NO12/c1-28(2)34-27-56-45(50)46(34)43(49)40(51-4)38(48)36-23-33(32-19-12-14-29(3)22-32)35(57-36)20-13-21-53-42-41(55-26-31-17-10-7-11-18-31)39(37(24-47)58-44(42)52-5)54-25-30-15-8-6-9-16-30/h6-12,14-19,22-23,28,34,37,39-42,44,47H,13,20-21,24-27H2,1-5H3. The summed E-state index contributed by atoms with van der Waals surface area (Å²) in [6.07, 6.45) is -5.41. The number of hydrogen-bond acceptors (Lipinski definition) is 12. The van der Waals surface area contributed by atoms with Gasteiger partial charge in [-0.1, -0.05) is 104 Å². The first kappa shape index (κ1) is 42.9. The maximum absolute atomic E-state index is 13.9. The van der Waals surface area contributed by atoms with E-state index in [9.17, 15) is 19.5 Å². The molecule has 3 aromatic carbocycles. The van der Waals surface area contributed by atoms with Crippen LogP contribution < -0.4 is 0 Å². The lowest BCUT2D eigenvalue weighted by Crippen LogP contribution is -2.61. The topological polar surface area (TPSA) is 152 Å². The molecule has 4 aromatic rings. The number of aliphatic hydroxyl groups excluding tert-OH is 1. The van der Waals surface area contributed by atoms with E-state index in [-0.39, 0.29) is 44.7 Å². The number of nitrogens with zero attached hydrogens (tertiary/aromatic N) is 1. The van der Waals surface area contributed by atoms with Crippen molar-refractivity contribution >= 4 is 17.8 Å². The summed E-state index contributed by atoms with van der Waals surface area (Å²) < 4.78 is 48.3. The summed E-state index contributed by atoms with van der Waals surface area (Å²) in [6.45, 7) is 6.15. The van der Waals surface area contributed by atoms with Crippen molar-refractivity contribution in [2.45, 2.75) is 89.7 Å². The molecule has 7 atom stereocenters. The number of Topliss-reactive ketones (excluding diaryl/α,β-unsaturated/α-hetero) is 1. The van der Waals surface area contributed by atoms with Gasteiger partial charge in [-0.05, 0) is 42.0 Å². The minimum Gasteiger partial charge on any atom is -0.457 e. The van der Waals surface area contributed by atoms with Crippen molar-refractivity contribution < 1.29 is 57.1 Å². The van der Waals surface area contributed by atoms with Crippen LogP contribution in [-0.4, -0.2) is 105 Å². The van der Waals surface area contributed by atoms with Crippen LogP contribution in [0.1, 0.15) is 53.3 Å². The largest absolute Gasteiger partial charge is 0.457 e. The normalized spacial score (nSPS) is 22.6. The zero-order valence-electron chi connectivity index (χ0n) is 33.6. The lowest BCUT2D eigenvalue weighted by molar-refractivity contribution is -0.319. The number of furan rings is 1. The van der Waals surface area contributed by atoms with Crippen LogP contribution in [0.5, 0.6) is 0 Å². The molecule has 0 saturated carbocycles. The number of carbonyl (C=O) groups excluding carboxylic acids is 3. The van der Waals surface area contributed by atoms with Gasteiger partial charge in [0.15, 0.2) is 12.1 Å². The molecule has 0 aliphatic carbocycles. The third-order valence-electron chi connectivity index (χ3n) is 10.4. The number of aliphatic hydroxyl groups is 1. The molecule has 1 N–H and O–H groups in total. The third kappa shape index (κ3) is 10.1. The number of methoxy groups -OCH3 is 2. The number of hydrogen-bond donors (Lipinski definition) is 1. The van der Waals surface area contributed by atoms with Crippen molar-refractivity contribution in [2.75, 3.05) is 34.0 Å². The number of imide groups is 1. The van der Waals surface area contributed by atoms with Crippen LogP contribution in [0.4, 0.5) is 4.79 Å². The number of benzene rings is 3. The molecule has 2 amide bonds. The monoisotopic (exact) mass is 799 g/mol. The van der Waals surface area contributed by atoms with E-state index in [2.05, 4.69) is 0 Å². The van der Waals surface area contributed by atoms with Crippen LogP contribution in [0.25, 0.3) is 11.1 Å². The molecule has 6 rings (SSSR count). The van der Waals surface area contributed by atoms with Crippen molar-refractivity contribution in [3.63, 3.8) is 0 Å². The molecule has 0 bridgehead atoms. The van der Waals surface area contributed by atoms with Crippen LogP contribution in [0.3, 0.4) is 0 Å². The Hall–Kier alpha value is -4.73. The average molecular weight is 800 g/mol. The van der Waals surface area contributed by atoms with Crippen molar-refractivity contribution in [2.24, 2.45) is 5.92 Å². The molecule has 3 heterocycles. The fourth-order valence-corrected chi connectivity index (χ4v) is 7.32. The maximum Gasteiger partial charge on any atom is 0.417 e. The quantitative estimate of drug-likeness (QED) is 0.0643. The molecule has 310 valence electrons. The number of carbonyl (C=O) groups is 3. The first-order valence-electron chi connectivity index (χ1n) is 19.6. The Morgan fingerprint density at radius 2 is 1.53 bits per heavy atom. The minimum atomic E-state index is -1.62. The van der Waals surface area contributed by atoms with Gasteiger partial charge in [-0.2, -0.15) is 0 Å². The van der Waals surface area contributed by atoms with E-state index in [4.69, 9.17) is 37.6 Å². The summed E-state index contributed by atoms with van der Waals surface area (Å²) in [7, 11) is 2.76. The summed E-state index contributed by atoms with van der Waals surface area (Å²) >= 11 is 0. The molecule has 0 radical (unpaired) electrons. The van der Waals surface area contributed by atoms with Gasteiger partial charge in [0, 0.05) is 32.8 Å². The summed E-state index contributed by atoms with van der Waals surface area (Å²) in [5.74, 6) is -1.19. The van der Waals surface area contributed by atoms with E-state index in [1.807, 2.05) is 106 Å². The minimum absolute atomic E-state index is 0.0404. The zero-order chi connectivity index (χ0) is 41.2. The fourth-order valence-electron chi connectivity index (χ4n) is 7.32. The number of cyclic esters (lactones) is 1. The second kappa shape index (κ2) is 20.3. The van der Waals surface area contributed by atoms with Crippen molar-refractivity contribution in [3.05, 3.63) is 119 Å². The lowest BCUT2D eigenvalue weighted by Gasteiger charge is -2.45. The number of amides is 2. The van der Waals surface area contributed by atoms with Gasteiger partial charge in [-0.15, -0.1) is 0 Å². The Morgan fingerprint density at radius 3 is 2.14 bits per heavy atom. The molecule has 0 spiro atoms. The van der Waals surface area contributed by atoms with Crippen LogP contribution in [0.15, 0.2) is 95.4 Å². The highest BCUT2D eigenvalue weighted by Gasteiger charge is 2.49. The second-order valence-corrected chi connectivity index (χ2v) is 14.8. The Bertz CT molecular complexity index is 1950. The molecule has 2 fully saturated rings. The van der Waals surface area contributed by atoms with E-state index >= 15 is 0 Å². The molecule has 7 unspecified atom stereocenters. The van der Waals surface area contributed by atoms with E-state index < -0.39 is 60.6 Å². The Labute approximate surface area is 339 Å². The molecule has 2 aliphatic heterocycles. The van der Waals surface area contributed by atoms with Crippen molar-refractivity contribution in [1.29, 1.82) is 0 Å². The van der Waals surface area contributed by atoms with Gasteiger partial charge in [0.1, 0.15) is 36.8 Å². The highest BCUT2D eigenvalue weighted by atomic mass is 16.7. The Morgan fingerprint density at radius 1 is 0.862 bits per heavy atom. The predicted molar refractivity (Wildman–Crippen MR) is 212 cm³/mol. The van der Waals surface area contributed by atoms with Gasteiger partial charge < -0.3 is 42.7 Å². The van der Waals surface area contributed by atoms with Gasteiger partial charge >= 0.3 is 6.09 Å². The first-order chi connectivity index (χ1) is 28.1. The SMILES string of the molecule is COC(C(=O)c1cc(-c2cccc(C)c2)c(CCCOC2C(OC)OC(CO)C(OCc3ccccc3)C2OCc2ccccc2)o1)C(=O)N1C(=O)OCC1C(C)C. The number of rotatable bonds is 19. The zero-order valence-corrected chi connectivity index (χ0v) is 33.6. The Kier molecular flexibility index (Phi) is 15.0. The van der Waals surface area contributed by atoms with Crippen LogP contribution in [-0.2, 0) is 57.6 Å². The highest BCUT2D eigenvalue weighted by Crippen LogP contribution is 2.33. The van der Waals surface area contributed by atoms with E-state index in [1.165, 1.54) is 14.2 Å². The highest BCUT2D eigenvalue weighted by molar-refractivity contribution is 6.14. The number of aryl methyl sites for hydroxylation is 2. The molecule has 58 heavy (non-hydrogen) atoms. The molecule has 13 nitrogen and oxygen atoms in total. The fraction of sp³-hybridized carbons (Fsp3) is 0.444. The van der Waals surface area contributed by atoms with Crippen LogP contribution in [0.2, 0.25) is 0 Å². The van der Waals surface area contributed by atoms with Gasteiger partial charge in [-0.3, -0.25) is 9.59 Å². The smallest absolute Gasteiger partial charge is 0.417 e. The molecule has 2 aliphatic rings. The van der Waals surface area contributed by atoms with Gasteiger partial charge in [0.25, 0.3) is 5.91 Å². The van der Waals surface area contributed by atoms with E-state index in [0.717, 1.165) is 27.2 Å². The van der Waals surface area contributed by atoms with Crippen LogP contribution in [0, 0.1) is 12.8 Å². The third-order valence-corrected chi connectivity index (χ3v) is 10.4. The van der Waals surface area contributed by atoms with E-state index in [0.29, 0.717) is 24.2 Å². The maximum atomic E-state index is 13.9. The first-order valence-corrected chi connectivity index (χ1v) is 19.6. The average Bonchev–Trinajstić information content (AvgIpc) is 3.85. The number of ether oxygens (including phenoxy) is 7.